The molecule has 2 N–H and O–H groups in total. The Hall–Kier alpha value is 0.220. The van der Waals surface area contributed by atoms with Gasteiger partial charge in [0.05, 0.1) is 0 Å². The summed E-state index contributed by atoms with van der Waals surface area (Å²) in [4.78, 5) is 2.19. The molecule has 6 heteroatoms. The highest BCUT2D eigenvalue weighted by Crippen LogP contribution is 2.24. The molecule has 0 bridgehead atoms. The minimum Gasteiger partial charge on any atom is -0.330 e. The first-order chi connectivity index (χ1) is 9.92. The maximum atomic E-state index is 12.2. The van der Waals surface area contributed by atoms with Gasteiger partial charge >= 0.3 is 0 Å². The lowest BCUT2D eigenvalue weighted by Gasteiger charge is -2.35. The maximum absolute atomic E-state index is 12.2. The quantitative estimate of drug-likeness (QED) is 0.699. The molecule has 0 aromatic heterocycles. The molecule has 0 aromatic rings. The van der Waals surface area contributed by atoms with Crippen LogP contribution >= 0.6 is 11.8 Å². The monoisotopic (exact) mass is 336 g/mol. The van der Waals surface area contributed by atoms with Crippen LogP contribution in [0.3, 0.4) is 0 Å². The molecule has 1 fully saturated rings. The van der Waals surface area contributed by atoms with Crippen LogP contribution in [0.1, 0.15) is 40.0 Å². The Labute approximate surface area is 135 Å². The summed E-state index contributed by atoms with van der Waals surface area (Å²) < 4.78 is 24.4. The highest BCUT2D eigenvalue weighted by molar-refractivity contribution is 8.01. The average Bonchev–Trinajstić information content (AvgIpc) is 2.46. The van der Waals surface area contributed by atoms with Crippen LogP contribution in [0.25, 0.3) is 0 Å². The highest BCUT2D eigenvalue weighted by Gasteiger charge is 2.32. The number of thioether (sulfide) groups is 1. The van der Waals surface area contributed by atoms with E-state index < -0.39 is 9.84 Å². The SMILES string of the molecule is CCS(=O)(=O)C1CSCCN1CCCC(CCN)C(C)C. The van der Waals surface area contributed by atoms with Crippen molar-refractivity contribution in [2.45, 2.75) is 45.4 Å². The Morgan fingerprint density at radius 3 is 2.62 bits per heavy atom. The zero-order valence-electron chi connectivity index (χ0n) is 13.8. The van der Waals surface area contributed by atoms with Gasteiger partial charge in [0.1, 0.15) is 5.37 Å². The van der Waals surface area contributed by atoms with Crippen molar-refractivity contribution in [1.82, 2.24) is 4.90 Å². The molecule has 1 heterocycles. The van der Waals surface area contributed by atoms with Crippen molar-refractivity contribution in [3.63, 3.8) is 0 Å². The lowest BCUT2D eigenvalue weighted by Crippen LogP contribution is -2.48. The van der Waals surface area contributed by atoms with Gasteiger partial charge < -0.3 is 5.73 Å². The molecule has 0 aliphatic carbocycles. The van der Waals surface area contributed by atoms with Gasteiger partial charge in [-0.05, 0) is 44.2 Å². The first-order valence-electron chi connectivity index (χ1n) is 8.15. The van der Waals surface area contributed by atoms with Crippen LogP contribution in [0, 0.1) is 11.8 Å². The number of hydrogen-bond acceptors (Lipinski definition) is 5. The molecular weight excluding hydrogens is 304 g/mol. The van der Waals surface area contributed by atoms with E-state index in [1.54, 1.807) is 18.7 Å². The summed E-state index contributed by atoms with van der Waals surface area (Å²) in [5, 5.41) is -0.270. The average molecular weight is 337 g/mol. The van der Waals surface area contributed by atoms with Gasteiger partial charge in [0, 0.05) is 23.8 Å². The van der Waals surface area contributed by atoms with Gasteiger partial charge in [0.25, 0.3) is 0 Å². The van der Waals surface area contributed by atoms with E-state index in [4.69, 9.17) is 5.73 Å². The van der Waals surface area contributed by atoms with Gasteiger partial charge in [-0.1, -0.05) is 20.8 Å². The first-order valence-corrected chi connectivity index (χ1v) is 11.0. The molecule has 126 valence electrons. The Bertz CT molecular complexity index is 385. The van der Waals surface area contributed by atoms with E-state index >= 15 is 0 Å². The van der Waals surface area contributed by atoms with Gasteiger partial charge in [-0.2, -0.15) is 11.8 Å². The number of nitrogens with zero attached hydrogens (tertiary/aromatic N) is 1. The number of sulfone groups is 1. The van der Waals surface area contributed by atoms with E-state index in [-0.39, 0.29) is 11.1 Å². The number of nitrogens with two attached hydrogens (primary N) is 1. The second-order valence-electron chi connectivity index (χ2n) is 6.24. The van der Waals surface area contributed by atoms with Crippen molar-refractivity contribution in [3.8, 4) is 0 Å². The fourth-order valence-corrected chi connectivity index (χ4v) is 6.09. The largest absolute Gasteiger partial charge is 0.330 e. The van der Waals surface area contributed by atoms with E-state index in [1.807, 2.05) is 0 Å². The summed E-state index contributed by atoms with van der Waals surface area (Å²) in [7, 11) is -2.96. The van der Waals surface area contributed by atoms with E-state index in [1.165, 1.54) is 0 Å². The molecular formula is C15H32N2O2S2. The molecule has 4 nitrogen and oxygen atoms in total. The predicted octanol–water partition coefficient (Wildman–Crippen LogP) is 2.20. The van der Waals surface area contributed by atoms with Gasteiger partial charge in [0.2, 0.25) is 0 Å². The summed E-state index contributed by atoms with van der Waals surface area (Å²) in [6, 6.07) is 0. The summed E-state index contributed by atoms with van der Waals surface area (Å²) in [5.41, 5.74) is 5.69. The molecule has 21 heavy (non-hydrogen) atoms. The van der Waals surface area contributed by atoms with Crippen LogP contribution in [0.4, 0.5) is 0 Å². The van der Waals surface area contributed by atoms with Crippen molar-refractivity contribution in [1.29, 1.82) is 0 Å². The van der Waals surface area contributed by atoms with Gasteiger partial charge in [0.15, 0.2) is 9.84 Å². The topological polar surface area (TPSA) is 63.4 Å². The smallest absolute Gasteiger partial charge is 0.166 e. The molecule has 2 unspecified atom stereocenters. The van der Waals surface area contributed by atoms with Crippen LogP contribution < -0.4 is 5.73 Å². The minimum absolute atomic E-state index is 0.247. The Balaban J connectivity index is 2.51. The summed E-state index contributed by atoms with van der Waals surface area (Å²) >= 11 is 1.76. The second-order valence-corrected chi connectivity index (χ2v) is 9.84. The fraction of sp³-hybridized carbons (Fsp3) is 1.00. The third-order valence-corrected chi connectivity index (χ3v) is 7.84. The van der Waals surface area contributed by atoms with Crippen LogP contribution in [0.15, 0.2) is 0 Å². The summed E-state index contributed by atoms with van der Waals surface area (Å²) in [5.74, 6) is 3.34. The Kier molecular flexibility index (Phi) is 8.61. The number of hydrogen-bond donors (Lipinski definition) is 1. The first kappa shape index (κ1) is 19.3. The van der Waals surface area contributed by atoms with Crippen molar-refractivity contribution in [2.24, 2.45) is 17.6 Å². The molecule has 1 saturated heterocycles. The van der Waals surface area contributed by atoms with E-state index in [0.717, 1.165) is 50.4 Å². The number of rotatable bonds is 9. The summed E-state index contributed by atoms with van der Waals surface area (Å²) in [6.07, 6.45) is 3.30. The van der Waals surface area contributed by atoms with E-state index in [0.29, 0.717) is 11.8 Å². The molecule has 1 aliphatic heterocycles. The molecule has 1 aliphatic rings. The second kappa shape index (κ2) is 9.38. The lowest BCUT2D eigenvalue weighted by molar-refractivity contribution is 0.244. The molecule has 0 aromatic carbocycles. The molecule has 0 radical (unpaired) electrons. The van der Waals surface area contributed by atoms with Crippen molar-refractivity contribution < 1.29 is 8.42 Å². The maximum Gasteiger partial charge on any atom is 0.166 e. The fourth-order valence-electron chi connectivity index (χ4n) is 2.98. The zero-order chi connectivity index (χ0) is 15.9. The highest BCUT2D eigenvalue weighted by atomic mass is 32.2. The van der Waals surface area contributed by atoms with Crippen molar-refractivity contribution in [2.75, 3.05) is 36.9 Å². The predicted molar refractivity (Wildman–Crippen MR) is 93.4 cm³/mol. The molecule has 1 rings (SSSR count). The standard InChI is InChI=1S/C15H32N2O2S2/c1-4-21(18,19)15-12-20-11-10-17(15)9-5-6-14(7-8-16)13(2)3/h13-15H,4-12,16H2,1-3H3. The molecule has 0 amide bonds. The Morgan fingerprint density at radius 1 is 1.33 bits per heavy atom. The van der Waals surface area contributed by atoms with Crippen LogP contribution in [0.2, 0.25) is 0 Å². The molecule has 0 saturated carbocycles. The van der Waals surface area contributed by atoms with Crippen LogP contribution in [0.5, 0.6) is 0 Å². The summed E-state index contributed by atoms with van der Waals surface area (Å²) in [6.45, 7) is 8.80. The zero-order valence-corrected chi connectivity index (χ0v) is 15.4. The van der Waals surface area contributed by atoms with Crippen LogP contribution in [-0.4, -0.2) is 55.6 Å². The van der Waals surface area contributed by atoms with Crippen LogP contribution in [-0.2, 0) is 9.84 Å². The van der Waals surface area contributed by atoms with Crippen molar-refractivity contribution in [3.05, 3.63) is 0 Å². The van der Waals surface area contributed by atoms with Gasteiger partial charge in [-0.25, -0.2) is 8.42 Å². The minimum atomic E-state index is -2.96. The Morgan fingerprint density at radius 2 is 2.05 bits per heavy atom. The van der Waals surface area contributed by atoms with Gasteiger partial charge in [-0.3, -0.25) is 4.90 Å². The van der Waals surface area contributed by atoms with Gasteiger partial charge in [-0.15, -0.1) is 0 Å². The normalized spacial score (nSPS) is 22.6. The third kappa shape index (κ3) is 6.08. The molecule has 2 atom stereocenters. The van der Waals surface area contributed by atoms with E-state index in [9.17, 15) is 8.42 Å². The van der Waals surface area contributed by atoms with E-state index in [2.05, 4.69) is 18.7 Å². The van der Waals surface area contributed by atoms with Crippen molar-refractivity contribution >= 4 is 21.6 Å². The lowest BCUT2D eigenvalue weighted by atomic mass is 9.88. The molecule has 0 spiro atoms. The third-order valence-electron chi connectivity index (χ3n) is 4.51.